The van der Waals surface area contributed by atoms with Crippen molar-refractivity contribution in [2.75, 3.05) is 18.2 Å². The third kappa shape index (κ3) is 2.86. The van der Waals surface area contributed by atoms with Crippen molar-refractivity contribution in [1.29, 1.82) is 0 Å². The van der Waals surface area contributed by atoms with Crippen LogP contribution in [0.25, 0.3) is 0 Å². The Morgan fingerprint density at radius 1 is 1.29 bits per heavy atom. The lowest BCUT2D eigenvalue weighted by Crippen LogP contribution is -2.51. The van der Waals surface area contributed by atoms with Gasteiger partial charge in [0.2, 0.25) is 18.6 Å². The number of amides is 2. The van der Waals surface area contributed by atoms with Crippen LogP contribution in [0.15, 0.2) is 18.2 Å². The number of anilines is 1. The second kappa shape index (κ2) is 5.70. The average Bonchev–Trinajstić information content (AvgIpc) is 3.11. The Morgan fingerprint density at radius 3 is 2.71 bits per heavy atom. The number of hydrogen-bond acceptors (Lipinski definition) is 5. The monoisotopic (exact) mass is 334 g/mol. The summed E-state index contributed by atoms with van der Waals surface area (Å²) in [7, 11) is 0. The van der Waals surface area contributed by atoms with E-state index >= 15 is 0 Å². The molecule has 1 aromatic carbocycles. The van der Waals surface area contributed by atoms with Crippen LogP contribution in [-0.2, 0) is 14.4 Å². The Hall–Kier alpha value is -2.77. The molecule has 3 rings (SSSR count). The molecule has 0 aromatic heterocycles. The number of benzene rings is 1. The molecule has 8 heteroatoms. The molecule has 0 saturated carbocycles. The third-order valence-electron chi connectivity index (χ3n) is 4.13. The molecule has 0 radical (unpaired) electrons. The molecule has 0 spiro atoms. The molecule has 24 heavy (non-hydrogen) atoms. The molecule has 1 atom stereocenters. The van der Waals surface area contributed by atoms with Crippen molar-refractivity contribution in [1.82, 2.24) is 5.32 Å². The third-order valence-corrected chi connectivity index (χ3v) is 4.13. The summed E-state index contributed by atoms with van der Waals surface area (Å²) in [6, 6.07) is 5.14. The molecule has 0 aliphatic carbocycles. The summed E-state index contributed by atoms with van der Waals surface area (Å²) in [5.41, 5.74) is -0.760. The lowest BCUT2D eigenvalue weighted by atomic mass is 10.0. The van der Waals surface area contributed by atoms with E-state index in [2.05, 4.69) is 5.32 Å². The molecule has 0 bridgehead atoms. The van der Waals surface area contributed by atoms with Gasteiger partial charge in [-0.1, -0.05) is 0 Å². The standard InChI is InChI=1S/C16H18N2O6/c1-16(2,15(21)22)17-14(20)9-5-13(19)18(7-9)10-3-4-11-12(6-10)24-8-23-11/h3-4,6,9H,5,7-8H2,1-2H3,(H,17,20)(H,21,22). The van der Waals surface area contributed by atoms with Crippen molar-refractivity contribution in [3.63, 3.8) is 0 Å². The van der Waals surface area contributed by atoms with Crippen molar-refractivity contribution in [3.8, 4) is 11.5 Å². The smallest absolute Gasteiger partial charge is 0.328 e. The Kier molecular flexibility index (Phi) is 3.82. The fourth-order valence-electron chi connectivity index (χ4n) is 2.65. The number of hydrogen-bond donors (Lipinski definition) is 2. The Balaban J connectivity index is 1.72. The normalized spacial score (nSPS) is 19.5. The van der Waals surface area contributed by atoms with Gasteiger partial charge in [0.05, 0.1) is 5.92 Å². The highest BCUT2D eigenvalue weighted by Crippen LogP contribution is 2.37. The van der Waals surface area contributed by atoms with E-state index in [1.807, 2.05) is 0 Å². The predicted octanol–water partition coefficient (Wildman–Crippen LogP) is 0.748. The molecule has 1 saturated heterocycles. The van der Waals surface area contributed by atoms with E-state index in [9.17, 15) is 14.4 Å². The van der Waals surface area contributed by atoms with Crippen molar-refractivity contribution in [3.05, 3.63) is 18.2 Å². The topological polar surface area (TPSA) is 105 Å². The lowest BCUT2D eigenvalue weighted by molar-refractivity contribution is -0.146. The molecular weight excluding hydrogens is 316 g/mol. The van der Waals surface area contributed by atoms with Crippen molar-refractivity contribution < 1.29 is 29.0 Å². The van der Waals surface area contributed by atoms with E-state index in [1.165, 1.54) is 18.7 Å². The van der Waals surface area contributed by atoms with Crippen LogP contribution in [0.3, 0.4) is 0 Å². The van der Waals surface area contributed by atoms with Gasteiger partial charge in [0, 0.05) is 24.7 Å². The van der Waals surface area contributed by atoms with Crippen LogP contribution in [0, 0.1) is 5.92 Å². The largest absolute Gasteiger partial charge is 0.480 e. The molecule has 128 valence electrons. The number of aliphatic carboxylic acids is 1. The van der Waals surface area contributed by atoms with Crippen LogP contribution in [-0.4, -0.2) is 41.8 Å². The zero-order valence-electron chi connectivity index (χ0n) is 13.4. The summed E-state index contributed by atoms with van der Waals surface area (Å²) in [6.07, 6.45) is 0.0377. The highest BCUT2D eigenvalue weighted by Gasteiger charge is 2.39. The molecule has 8 nitrogen and oxygen atoms in total. The minimum absolute atomic E-state index is 0.0377. The van der Waals surface area contributed by atoms with Crippen molar-refractivity contribution in [2.24, 2.45) is 5.92 Å². The Labute approximate surface area is 138 Å². The number of rotatable bonds is 4. The van der Waals surface area contributed by atoms with Gasteiger partial charge in [0.15, 0.2) is 11.5 Å². The summed E-state index contributed by atoms with van der Waals surface area (Å²) in [4.78, 5) is 37.1. The second-order valence-corrected chi connectivity index (χ2v) is 6.36. The number of carbonyl (C=O) groups excluding carboxylic acids is 2. The first-order valence-corrected chi connectivity index (χ1v) is 7.53. The zero-order chi connectivity index (χ0) is 17.5. The fraction of sp³-hybridized carbons (Fsp3) is 0.438. The Morgan fingerprint density at radius 2 is 2.00 bits per heavy atom. The minimum atomic E-state index is -1.38. The molecule has 2 amide bonds. The van der Waals surface area contributed by atoms with Gasteiger partial charge in [-0.25, -0.2) is 4.79 Å². The average molecular weight is 334 g/mol. The maximum atomic E-state index is 12.3. The van der Waals surface area contributed by atoms with E-state index in [0.717, 1.165) is 0 Å². The lowest BCUT2D eigenvalue weighted by Gasteiger charge is -2.23. The van der Waals surface area contributed by atoms with Crippen LogP contribution in [0.2, 0.25) is 0 Å². The van der Waals surface area contributed by atoms with Gasteiger partial charge in [-0.2, -0.15) is 0 Å². The predicted molar refractivity (Wildman–Crippen MR) is 82.9 cm³/mol. The van der Waals surface area contributed by atoms with Gasteiger partial charge in [0.1, 0.15) is 5.54 Å². The molecule has 1 unspecified atom stereocenters. The van der Waals surface area contributed by atoms with Gasteiger partial charge in [0.25, 0.3) is 0 Å². The first-order chi connectivity index (χ1) is 11.3. The summed E-state index contributed by atoms with van der Waals surface area (Å²) >= 11 is 0. The number of carboxylic acid groups (broad SMARTS) is 1. The van der Waals surface area contributed by atoms with E-state index in [0.29, 0.717) is 17.2 Å². The minimum Gasteiger partial charge on any atom is -0.480 e. The van der Waals surface area contributed by atoms with Crippen LogP contribution in [0.1, 0.15) is 20.3 Å². The van der Waals surface area contributed by atoms with Crippen LogP contribution in [0.4, 0.5) is 5.69 Å². The molecule has 2 aliphatic rings. The molecule has 2 aliphatic heterocycles. The SMILES string of the molecule is CC(C)(NC(=O)C1CC(=O)N(c2ccc3c(c2)OCO3)C1)C(=O)O. The number of nitrogens with one attached hydrogen (secondary N) is 1. The van der Waals surface area contributed by atoms with Gasteiger partial charge in [-0.15, -0.1) is 0 Å². The summed E-state index contributed by atoms with van der Waals surface area (Å²) in [5, 5.41) is 11.6. The van der Waals surface area contributed by atoms with Crippen LogP contribution in [0.5, 0.6) is 11.5 Å². The molecule has 1 fully saturated rings. The van der Waals surface area contributed by atoms with E-state index < -0.39 is 23.3 Å². The number of nitrogens with zero attached hydrogens (tertiary/aromatic N) is 1. The fourth-order valence-corrected chi connectivity index (χ4v) is 2.65. The Bertz CT molecular complexity index is 715. The maximum absolute atomic E-state index is 12.3. The van der Waals surface area contributed by atoms with Gasteiger partial charge in [-0.3, -0.25) is 9.59 Å². The van der Waals surface area contributed by atoms with Gasteiger partial charge in [-0.05, 0) is 26.0 Å². The molecule has 2 N–H and O–H groups in total. The first kappa shape index (κ1) is 16.1. The van der Waals surface area contributed by atoms with E-state index in [4.69, 9.17) is 14.6 Å². The second-order valence-electron chi connectivity index (χ2n) is 6.36. The van der Waals surface area contributed by atoms with E-state index in [1.54, 1.807) is 18.2 Å². The molecule has 2 heterocycles. The number of carbonyl (C=O) groups is 3. The van der Waals surface area contributed by atoms with Crippen molar-refractivity contribution in [2.45, 2.75) is 25.8 Å². The quantitative estimate of drug-likeness (QED) is 0.842. The number of ether oxygens (including phenoxy) is 2. The first-order valence-electron chi connectivity index (χ1n) is 7.53. The highest BCUT2D eigenvalue weighted by molar-refractivity contribution is 6.01. The summed E-state index contributed by atoms with van der Waals surface area (Å²) in [5.74, 6) is -1.20. The van der Waals surface area contributed by atoms with Crippen LogP contribution >= 0.6 is 0 Å². The molecule has 1 aromatic rings. The maximum Gasteiger partial charge on any atom is 0.328 e. The van der Waals surface area contributed by atoms with Gasteiger partial charge < -0.3 is 24.8 Å². The van der Waals surface area contributed by atoms with E-state index in [-0.39, 0.29) is 25.7 Å². The molecular formula is C16H18N2O6. The van der Waals surface area contributed by atoms with Crippen LogP contribution < -0.4 is 19.7 Å². The summed E-state index contributed by atoms with van der Waals surface area (Å²) < 4.78 is 10.5. The summed E-state index contributed by atoms with van der Waals surface area (Å²) in [6.45, 7) is 3.14. The van der Waals surface area contributed by atoms with Crippen molar-refractivity contribution >= 4 is 23.5 Å². The van der Waals surface area contributed by atoms with Gasteiger partial charge >= 0.3 is 5.97 Å². The number of carboxylic acids is 1. The zero-order valence-corrected chi connectivity index (χ0v) is 13.4. The number of fused-ring (bicyclic) bond motifs is 1. The highest BCUT2D eigenvalue weighted by atomic mass is 16.7.